The fourth-order valence-corrected chi connectivity index (χ4v) is 2.29. The molecule has 1 saturated heterocycles. The molecular weight excluding hydrogens is 285 g/mol. The van der Waals surface area contributed by atoms with Gasteiger partial charge in [-0.05, 0) is 12.5 Å². The molecule has 0 aliphatic carbocycles. The van der Waals surface area contributed by atoms with Crippen molar-refractivity contribution in [1.82, 2.24) is 10.2 Å². The second-order valence-electron chi connectivity index (χ2n) is 5.15. The smallest absolute Gasteiger partial charge is 0.436 e. The number of alkyl halides is 3. The molecule has 7 heteroatoms. The van der Waals surface area contributed by atoms with Crippen LogP contribution in [0.3, 0.4) is 0 Å². The first kappa shape index (κ1) is 15.8. The summed E-state index contributed by atoms with van der Waals surface area (Å²) in [6, 6.07) is 9.35. The van der Waals surface area contributed by atoms with E-state index in [4.69, 9.17) is 4.74 Å². The number of halogens is 3. The highest BCUT2D eigenvalue weighted by molar-refractivity contribution is 5.76. The molecule has 4 nitrogen and oxygen atoms in total. The molecule has 0 amide bonds. The molecule has 1 N–H and O–H groups in total. The van der Waals surface area contributed by atoms with Gasteiger partial charge >= 0.3 is 12.1 Å². The van der Waals surface area contributed by atoms with Gasteiger partial charge in [-0.3, -0.25) is 4.90 Å². The third-order valence-electron chi connectivity index (χ3n) is 3.44. The minimum atomic E-state index is -4.99. The zero-order chi connectivity index (χ0) is 15.5. The Morgan fingerprint density at radius 3 is 2.67 bits per heavy atom. The molecular formula is C14H17F3N2O2. The Morgan fingerprint density at radius 2 is 2.05 bits per heavy atom. The largest absolute Gasteiger partial charge is 0.490 e. The molecule has 1 unspecified atom stereocenters. The van der Waals surface area contributed by atoms with E-state index in [1.165, 1.54) is 6.92 Å². The van der Waals surface area contributed by atoms with E-state index in [-0.39, 0.29) is 6.54 Å². The van der Waals surface area contributed by atoms with E-state index in [1.807, 2.05) is 30.3 Å². The number of nitrogens with one attached hydrogen (secondary N) is 1. The van der Waals surface area contributed by atoms with Gasteiger partial charge in [-0.25, -0.2) is 4.79 Å². The summed E-state index contributed by atoms with van der Waals surface area (Å²) in [4.78, 5) is 12.9. The van der Waals surface area contributed by atoms with Crippen LogP contribution in [0.4, 0.5) is 13.2 Å². The van der Waals surface area contributed by atoms with Gasteiger partial charge in [0.2, 0.25) is 0 Å². The Morgan fingerprint density at radius 1 is 1.38 bits per heavy atom. The van der Waals surface area contributed by atoms with E-state index in [9.17, 15) is 18.0 Å². The zero-order valence-electron chi connectivity index (χ0n) is 11.6. The third kappa shape index (κ3) is 3.95. The number of carbonyl (C=O) groups excluding carboxylic acids is 1. The first-order chi connectivity index (χ1) is 9.81. The fraction of sp³-hybridized carbons (Fsp3) is 0.500. The van der Waals surface area contributed by atoms with Gasteiger partial charge in [-0.15, -0.1) is 0 Å². The number of hydrogen-bond acceptors (Lipinski definition) is 4. The van der Waals surface area contributed by atoms with E-state index < -0.39 is 17.9 Å². The summed E-state index contributed by atoms with van der Waals surface area (Å²) < 4.78 is 42.0. The monoisotopic (exact) mass is 302 g/mol. The highest BCUT2D eigenvalue weighted by atomic mass is 19.4. The molecule has 1 fully saturated rings. The van der Waals surface area contributed by atoms with Crippen LogP contribution in [0.2, 0.25) is 0 Å². The Labute approximate surface area is 120 Å². The van der Waals surface area contributed by atoms with Crippen LogP contribution in [0.25, 0.3) is 0 Å². The van der Waals surface area contributed by atoms with Gasteiger partial charge in [-0.2, -0.15) is 13.2 Å². The van der Waals surface area contributed by atoms with Gasteiger partial charge in [0.25, 0.3) is 0 Å². The number of esters is 1. The van der Waals surface area contributed by atoms with Crippen molar-refractivity contribution in [1.29, 1.82) is 0 Å². The highest BCUT2D eigenvalue weighted by Crippen LogP contribution is 2.26. The van der Waals surface area contributed by atoms with Crippen molar-refractivity contribution < 1.29 is 22.7 Å². The number of nitrogens with zero attached hydrogens (tertiary/aromatic N) is 1. The van der Waals surface area contributed by atoms with E-state index >= 15 is 0 Å². The van der Waals surface area contributed by atoms with Gasteiger partial charge in [0, 0.05) is 26.2 Å². The molecule has 0 bridgehead atoms. The molecule has 0 aromatic heterocycles. The topological polar surface area (TPSA) is 41.6 Å². The maximum atomic E-state index is 12.4. The van der Waals surface area contributed by atoms with Crippen molar-refractivity contribution in [3.05, 3.63) is 35.9 Å². The molecule has 0 spiro atoms. The van der Waals surface area contributed by atoms with Crippen molar-refractivity contribution in [3.63, 3.8) is 0 Å². The fourth-order valence-electron chi connectivity index (χ4n) is 2.29. The molecule has 0 radical (unpaired) electrons. The summed E-state index contributed by atoms with van der Waals surface area (Å²) in [5, 5.41) is 2.96. The Balaban J connectivity index is 2.12. The molecule has 1 aromatic rings. The molecule has 1 aliphatic rings. The lowest BCUT2D eigenvalue weighted by atomic mass is 10.1. The second kappa shape index (κ2) is 6.03. The van der Waals surface area contributed by atoms with Gasteiger partial charge in [0.1, 0.15) is 0 Å². The Bertz CT molecular complexity index is 493. The lowest BCUT2D eigenvalue weighted by Crippen LogP contribution is -2.62. The molecule has 2 rings (SSSR count). The molecule has 0 saturated carbocycles. The van der Waals surface area contributed by atoms with Crippen molar-refractivity contribution in [3.8, 4) is 0 Å². The first-order valence-corrected chi connectivity index (χ1v) is 6.61. The number of rotatable bonds is 3. The SMILES string of the molecule is CC1(OC(=O)C(F)(F)F)CNCCN1Cc1ccccc1. The van der Waals surface area contributed by atoms with Gasteiger partial charge in [0.15, 0.2) is 5.72 Å². The van der Waals surface area contributed by atoms with E-state index in [0.29, 0.717) is 19.6 Å². The van der Waals surface area contributed by atoms with Crippen LogP contribution < -0.4 is 5.32 Å². The quantitative estimate of drug-likeness (QED) is 0.866. The van der Waals surface area contributed by atoms with Crippen molar-refractivity contribution in [2.75, 3.05) is 19.6 Å². The molecule has 21 heavy (non-hydrogen) atoms. The summed E-state index contributed by atoms with van der Waals surface area (Å²) in [5.74, 6) is -2.16. The lowest BCUT2D eigenvalue weighted by Gasteiger charge is -2.44. The number of ether oxygens (including phenoxy) is 1. The Hall–Kier alpha value is -1.60. The number of hydrogen-bond donors (Lipinski definition) is 1. The normalized spacial score (nSPS) is 23.8. The van der Waals surface area contributed by atoms with Crippen LogP contribution in [0.15, 0.2) is 30.3 Å². The van der Waals surface area contributed by atoms with Crippen LogP contribution in [0.1, 0.15) is 12.5 Å². The summed E-state index contributed by atoms with van der Waals surface area (Å²) in [7, 11) is 0. The molecule has 1 aliphatic heterocycles. The van der Waals surface area contributed by atoms with Gasteiger partial charge in [0.05, 0.1) is 0 Å². The van der Waals surface area contributed by atoms with E-state index in [1.54, 1.807) is 4.90 Å². The van der Waals surface area contributed by atoms with Crippen LogP contribution >= 0.6 is 0 Å². The average molecular weight is 302 g/mol. The third-order valence-corrected chi connectivity index (χ3v) is 3.44. The van der Waals surface area contributed by atoms with Crippen LogP contribution in [0.5, 0.6) is 0 Å². The van der Waals surface area contributed by atoms with Crippen LogP contribution in [0, 0.1) is 0 Å². The van der Waals surface area contributed by atoms with Crippen molar-refractivity contribution in [2.45, 2.75) is 25.4 Å². The van der Waals surface area contributed by atoms with Crippen LogP contribution in [-0.4, -0.2) is 42.4 Å². The number of benzene rings is 1. The summed E-state index contributed by atoms with van der Waals surface area (Å²) in [5.41, 5.74) is -0.366. The zero-order valence-corrected chi connectivity index (χ0v) is 11.6. The minimum Gasteiger partial charge on any atom is -0.436 e. The molecule has 116 valence electrons. The predicted molar refractivity (Wildman–Crippen MR) is 70.3 cm³/mol. The summed E-state index contributed by atoms with van der Waals surface area (Å²) in [6.45, 7) is 3.19. The summed E-state index contributed by atoms with van der Waals surface area (Å²) in [6.07, 6.45) is -4.99. The average Bonchev–Trinajstić information content (AvgIpc) is 2.41. The molecule has 1 heterocycles. The van der Waals surface area contributed by atoms with Crippen molar-refractivity contribution >= 4 is 5.97 Å². The number of piperazine rings is 1. The van der Waals surface area contributed by atoms with Gasteiger partial charge in [-0.1, -0.05) is 30.3 Å². The van der Waals surface area contributed by atoms with Gasteiger partial charge < -0.3 is 10.1 Å². The second-order valence-corrected chi connectivity index (χ2v) is 5.15. The van der Waals surface area contributed by atoms with E-state index in [2.05, 4.69) is 5.32 Å². The minimum absolute atomic E-state index is 0.154. The number of carbonyl (C=O) groups is 1. The molecule has 1 aromatic carbocycles. The lowest BCUT2D eigenvalue weighted by molar-refractivity contribution is -0.231. The maximum Gasteiger partial charge on any atom is 0.490 e. The highest BCUT2D eigenvalue weighted by Gasteiger charge is 2.47. The maximum absolute atomic E-state index is 12.4. The predicted octanol–water partition coefficient (Wildman–Crippen LogP) is 1.91. The first-order valence-electron chi connectivity index (χ1n) is 6.61. The van der Waals surface area contributed by atoms with Crippen molar-refractivity contribution in [2.24, 2.45) is 0 Å². The standard InChI is InChI=1S/C14H17F3N2O2/c1-13(21-12(20)14(15,16)17)10-18-7-8-19(13)9-11-5-3-2-4-6-11/h2-6,18H,7-10H2,1H3. The Kier molecular flexibility index (Phi) is 4.53. The summed E-state index contributed by atoms with van der Waals surface area (Å²) >= 11 is 0. The van der Waals surface area contributed by atoms with E-state index in [0.717, 1.165) is 5.56 Å². The molecule has 1 atom stereocenters. The van der Waals surface area contributed by atoms with Crippen LogP contribution in [-0.2, 0) is 16.1 Å².